The highest BCUT2D eigenvalue weighted by atomic mass is 32.2. The molecule has 0 bridgehead atoms. The van der Waals surface area contributed by atoms with Crippen LogP contribution < -0.4 is 5.32 Å². The molecule has 0 saturated heterocycles. The number of pyridine rings is 1. The number of rotatable bonds is 6. The Kier molecular flexibility index (Phi) is 5.62. The number of aryl methyl sites for hydroxylation is 3. The minimum absolute atomic E-state index is 0.152. The van der Waals surface area contributed by atoms with Gasteiger partial charge < -0.3 is 4.52 Å². The lowest BCUT2D eigenvalue weighted by molar-refractivity contribution is -0.113. The molecule has 0 radical (unpaired) electrons. The Bertz CT molecular complexity index is 1190. The van der Waals surface area contributed by atoms with E-state index in [4.69, 9.17) is 4.52 Å². The van der Waals surface area contributed by atoms with Crippen molar-refractivity contribution < 1.29 is 9.32 Å². The lowest BCUT2D eigenvalue weighted by Crippen LogP contribution is -2.14. The van der Waals surface area contributed by atoms with Gasteiger partial charge in [0, 0.05) is 24.0 Å². The van der Waals surface area contributed by atoms with Gasteiger partial charge in [-0.3, -0.25) is 19.7 Å². The smallest absolute Gasteiger partial charge is 0.237 e. The van der Waals surface area contributed by atoms with E-state index in [1.54, 1.807) is 25.4 Å². The predicted octanol–water partition coefficient (Wildman–Crippen LogP) is 3.97. The number of nitrogens with zero attached hydrogens (tertiary/aromatic N) is 5. The van der Waals surface area contributed by atoms with Gasteiger partial charge in [-0.1, -0.05) is 23.0 Å². The number of hydrogen-bond donors (Lipinski definition) is 1. The van der Waals surface area contributed by atoms with Crippen LogP contribution in [0.5, 0.6) is 0 Å². The molecular formula is C21H20N6O2S. The number of aromatic nitrogens is 5. The Morgan fingerprint density at radius 3 is 2.57 bits per heavy atom. The summed E-state index contributed by atoms with van der Waals surface area (Å²) in [6.07, 6.45) is 3.43. The van der Waals surface area contributed by atoms with Gasteiger partial charge >= 0.3 is 0 Å². The number of carbonyl (C=O) groups is 1. The lowest BCUT2D eigenvalue weighted by Gasteiger charge is -2.12. The molecule has 0 spiro atoms. The van der Waals surface area contributed by atoms with E-state index in [0.29, 0.717) is 22.6 Å². The first-order chi connectivity index (χ1) is 14.5. The zero-order valence-corrected chi connectivity index (χ0v) is 17.6. The van der Waals surface area contributed by atoms with Crippen LogP contribution in [0.4, 0.5) is 5.88 Å². The fourth-order valence-electron chi connectivity index (χ4n) is 2.87. The number of amides is 1. The maximum absolute atomic E-state index is 12.3. The third-order valence-corrected chi connectivity index (χ3v) is 5.47. The average molecular weight is 420 g/mol. The molecule has 0 aliphatic heterocycles. The Balaban J connectivity index is 1.63. The number of anilines is 1. The molecule has 0 aliphatic rings. The molecule has 30 heavy (non-hydrogen) atoms. The number of thioether (sulfide) groups is 1. The van der Waals surface area contributed by atoms with Crippen molar-refractivity contribution in [2.45, 2.75) is 25.9 Å². The third-order valence-electron chi connectivity index (χ3n) is 4.54. The monoisotopic (exact) mass is 420 g/mol. The van der Waals surface area contributed by atoms with Crippen molar-refractivity contribution in [2.75, 3.05) is 11.1 Å². The van der Waals surface area contributed by atoms with Crippen LogP contribution >= 0.6 is 11.8 Å². The molecular weight excluding hydrogens is 400 g/mol. The molecule has 1 amide bonds. The molecule has 1 N–H and O–H groups in total. The minimum Gasteiger partial charge on any atom is -0.338 e. The molecule has 3 heterocycles. The molecule has 1 aromatic carbocycles. The van der Waals surface area contributed by atoms with Gasteiger partial charge in [-0.2, -0.15) is 0 Å². The predicted molar refractivity (Wildman–Crippen MR) is 115 cm³/mol. The first-order valence-electron chi connectivity index (χ1n) is 9.30. The van der Waals surface area contributed by atoms with E-state index in [1.807, 2.05) is 22.8 Å². The summed E-state index contributed by atoms with van der Waals surface area (Å²) in [6, 6.07) is 11.6. The van der Waals surface area contributed by atoms with Crippen molar-refractivity contribution >= 4 is 23.6 Å². The van der Waals surface area contributed by atoms with E-state index < -0.39 is 0 Å². The minimum atomic E-state index is -0.212. The molecule has 8 nitrogen and oxygen atoms in total. The van der Waals surface area contributed by atoms with Gasteiger partial charge in [0.2, 0.25) is 11.8 Å². The van der Waals surface area contributed by atoms with Crippen LogP contribution in [0, 0.1) is 20.8 Å². The summed E-state index contributed by atoms with van der Waals surface area (Å²) in [7, 11) is 0. The Hall–Kier alpha value is -3.46. The highest BCUT2D eigenvalue weighted by molar-refractivity contribution is 7.99. The van der Waals surface area contributed by atoms with Gasteiger partial charge in [0.1, 0.15) is 0 Å². The summed E-state index contributed by atoms with van der Waals surface area (Å²) in [4.78, 5) is 16.4. The zero-order chi connectivity index (χ0) is 21.1. The molecule has 3 aromatic heterocycles. The van der Waals surface area contributed by atoms with Crippen molar-refractivity contribution in [3.05, 3.63) is 65.6 Å². The molecule has 4 aromatic rings. The summed E-state index contributed by atoms with van der Waals surface area (Å²) >= 11 is 1.30. The number of carbonyl (C=O) groups excluding carboxylic acids is 1. The summed E-state index contributed by atoms with van der Waals surface area (Å²) in [6.45, 7) is 5.93. The van der Waals surface area contributed by atoms with E-state index >= 15 is 0 Å². The Morgan fingerprint density at radius 1 is 1.07 bits per heavy atom. The van der Waals surface area contributed by atoms with E-state index in [2.05, 4.69) is 51.6 Å². The summed E-state index contributed by atoms with van der Waals surface area (Å²) in [5.41, 5.74) is 4.90. The summed E-state index contributed by atoms with van der Waals surface area (Å²) < 4.78 is 6.99. The lowest BCUT2D eigenvalue weighted by atomic mass is 10.1. The van der Waals surface area contributed by atoms with E-state index in [1.165, 1.54) is 17.3 Å². The van der Waals surface area contributed by atoms with Crippen LogP contribution in [0.1, 0.15) is 16.8 Å². The maximum atomic E-state index is 12.3. The third kappa shape index (κ3) is 4.25. The van der Waals surface area contributed by atoms with Crippen LogP contribution in [-0.2, 0) is 4.79 Å². The van der Waals surface area contributed by atoms with Gasteiger partial charge in [-0.05, 0) is 56.2 Å². The fraction of sp³-hybridized carbons (Fsp3) is 0.190. The summed E-state index contributed by atoms with van der Waals surface area (Å²) in [5.74, 6) is 0.955. The molecule has 0 atom stereocenters. The van der Waals surface area contributed by atoms with Crippen molar-refractivity contribution in [1.82, 2.24) is 24.9 Å². The molecule has 152 valence electrons. The normalized spacial score (nSPS) is 10.9. The highest BCUT2D eigenvalue weighted by Crippen LogP contribution is 2.28. The van der Waals surface area contributed by atoms with E-state index in [9.17, 15) is 4.79 Å². The fourth-order valence-corrected chi connectivity index (χ4v) is 3.63. The SMILES string of the molecule is Cc1cc(NC(=O)CSc2nnc(-c3ccncc3)n2-c2ccc(C)c(C)c2)on1. The average Bonchev–Trinajstić information content (AvgIpc) is 3.35. The van der Waals surface area contributed by atoms with Crippen molar-refractivity contribution in [3.63, 3.8) is 0 Å². The van der Waals surface area contributed by atoms with Gasteiger partial charge in [0.05, 0.1) is 17.1 Å². The molecule has 0 saturated carbocycles. The molecule has 0 aliphatic carbocycles. The van der Waals surface area contributed by atoms with Crippen LogP contribution in [-0.4, -0.2) is 36.6 Å². The van der Waals surface area contributed by atoms with Crippen molar-refractivity contribution in [3.8, 4) is 17.1 Å². The highest BCUT2D eigenvalue weighted by Gasteiger charge is 2.18. The topological polar surface area (TPSA) is 98.7 Å². The van der Waals surface area contributed by atoms with Gasteiger partial charge in [0.25, 0.3) is 0 Å². The number of nitrogens with one attached hydrogen (secondary N) is 1. The second-order valence-electron chi connectivity index (χ2n) is 6.82. The van der Waals surface area contributed by atoms with Gasteiger partial charge in [0.15, 0.2) is 11.0 Å². The van der Waals surface area contributed by atoms with Crippen LogP contribution in [0.15, 0.2) is 58.5 Å². The standard InChI is InChI=1S/C21H20N6O2S/c1-13-4-5-17(10-14(13)2)27-20(16-6-8-22-9-7-16)24-25-21(27)30-12-18(28)23-19-11-15(3)26-29-19/h4-11H,12H2,1-3H3,(H,23,28). The Morgan fingerprint density at radius 2 is 1.87 bits per heavy atom. The number of benzene rings is 1. The van der Waals surface area contributed by atoms with E-state index in [-0.39, 0.29) is 11.7 Å². The molecule has 0 fully saturated rings. The summed E-state index contributed by atoms with van der Waals surface area (Å²) in [5, 5.41) is 15.8. The second kappa shape index (κ2) is 8.50. The van der Waals surface area contributed by atoms with Gasteiger partial charge in [-0.25, -0.2) is 0 Å². The first-order valence-corrected chi connectivity index (χ1v) is 10.3. The Labute approximate surface area is 177 Å². The quantitative estimate of drug-likeness (QED) is 0.471. The van der Waals surface area contributed by atoms with Crippen LogP contribution in [0.3, 0.4) is 0 Å². The van der Waals surface area contributed by atoms with Crippen molar-refractivity contribution in [1.29, 1.82) is 0 Å². The largest absolute Gasteiger partial charge is 0.338 e. The second-order valence-corrected chi connectivity index (χ2v) is 7.76. The first kappa shape index (κ1) is 19.8. The molecule has 0 unspecified atom stereocenters. The van der Waals surface area contributed by atoms with Crippen LogP contribution in [0.2, 0.25) is 0 Å². The molecule has 4 rings (SSSR count). The van der Waals surface area contributed by atoms with E-state index in [0.717, 1.165) is 16.8 Å². The number of hydrogen-bond acceptors (Lipinski definition) is 7. The maximum Gasteiger partial charge on any atom is 0.237 e. The van der Waals surface area contributed by atoms with Crippen molar-refractivity contribution in [2.24, 2.45) is 0 Å². The molecule has 9 heteroatoms. The zero-order valence-electron chi connectivity index (χ0n) is 16.8. The van der Waals surface area contributed by atoms with Gasteiger partial charge in [-0.15, -0.1) is 10.2 Å². The van der Waals surface area contributed by atoms with Crippen LogP contribution in [0.25, 0.3) is 17.1 Å².